The van der Waals surface area contributed by atoms with Gasteiger partial charge in [-0.15, -0.1) is 0 Å². The van der Waals surface area contributed by atoms with Crippen molar-refractivity contribution in [1.29, 1.82) is 0 Å². The number of halogens is 2. The van der Waals surface area contributed by atoms with Crippen molar-refractivity contribution in [2.45, 2.75) is 18.9 Å². The molecule has 0 aromatic heterocycles. The number of rotatable bonds is 6. The van der Waals surface area contributed by atoms with Gasteiger partial charge in [0.25, 0.3) is 0 Å². The van der Waals surface area contributed by atoms with Crippen LogP contribution in [0.1, 0.15) is 24.4 Å². The normalized spacial score (nSPS) is 11.6. The van der Waals surface area contributed by atoms with Crippen molar-refractivity contribution in [2.75, 3.05) is 11.9 Å². The SMILES string of the molecule is O=C(Nc1cc(F)ccc1F)C(=O)NC(CCCO)c1ccccc1. The van der Waals surface area contributed by atoms with Crippen LogP contribution in [-0.2, 0) is 9.59 Å². The fraction of sp³-hybridized carbons (Fsp3) is 0.222. The first-order valence-electron chi connectivity index (χ1n) is 7.74. The molecule has 3 N–H and O–H groups in total. The average molecular weight is 348 g/mol. The fourth-order valence-electron chi connectivity index (χ4n) is 2.30. The molecule has 2 aromatic carbocycles. The maximum absolute atomic E-state index is 13.5. The Morgan fingerprint density at radius 1 is 1.04 bits per heavy atom. The van der Waals surface area contributed by atoms with Gasteiger partial charge in [-0.25, -0.2) is 8.78 Å². The van der Waals surface area contributed by atoms with E-state index in [4.69, 9.17) is 5.11 Å². The summed E-state index contributed by atoms with van der Waals surface area (Å²) in [7, 11) is 0. The van der Waals surface area contributed by atoms with Crippen molar-refractivity contribution in [3.05, 3.63) is 65.7 Å². The molecule has 0 saturated carbocycles. The smallest absolute Gasteiger partial charge is 0.313 e. The molecule has 0 bridgehead atoms. The lowest BCUT2D eigenvalue weighted by atomic mass is 10.0. The molecule has 0 aliphatic rings. The highest BCUT2D eigenvalue weighted by Gasteiger charge is 2.21. The lowest BCUT2D eigenvalue weighted by molar-refractivity contribution is -0.136. The molecular formula is C18H18F2N2O3. The van der Waals surface area contributed by atoms with Crippen LogP contribution in [0.15, 0.2) is 48.5 Å². The van der Waals surface area contributed by atoms with Crippen LogP contribution in [0.4, 0.5) is 14.5 Å². The molecule has 0 heterocycles. The number of carbonyl (C=O) groups excluding carboxylic acids is 2. The van der Waals surface area contributed by atoms with Gasteiger partial charge in [-0.2, -0.15) is 0 Å². The molecule has 5 nitrogen and oxygen atoms in total. The van der Waals surface area contributed by atoms with Gasteiger partial charge in [-0.3, -0.25) is 9.59 Å². The van der Waals surface area contributed by atoms with E-state index < -0.39 is 35.2 Å². The summed E-state index contributed by atoms with van der Waals surface area (Å²) in [6.45, 7) is -0.0557. The number of carbonyl (C=O) groups is 2. The quantitative estimate of drug-likeness (QED) is 0.702. The minimum atomic E-state index is -1.10. The number of aliphatic hydroxyl groups is 1. The molecule has 132 valence electrons. The van der Waals surface area contributed by atoms with Gasteiger partial charge >= 0.3 is 11.8 Å². The molecular weight excluding hydrogens is 330 g/mol. The second-order valence-electron chi connectivity index (χ2n) is 5.38. The molecule has 7 heteroatoms. The van der Waals surface area contributed by atoms with Crippen LogP contribution in [0.3, 0.4) is 0 Å². The highest BCUT2D eigenvalue weighted by Crippen LogP contribution is 2.19. The second kappa shape index (κ2) is 8.89. The highest BCUT2D eigenvalue weighted by atomic mass is 19.1. The van der Waals surface area contributed by atoms with Gasteiger partial charge < -0.3 is 15.7 Å². The van der Waals surface area contributed by atoms with Crippen LogP contribution in [-0.4, -0.2) is 23.5 Å². The Morgan fingerprint density at radius 3 is 2.44 bits per heavy atom. The number of amides is 2. The minimum Gasteiger partial charge on any atom is -0.396 e. The summed E-state index contributed by atoms with van der Waals surface area (Å²) in [4.78, 5) is 24.0. The van der Waals surface area contributed by atoms with E-state index in [0.717, 1.165) is 23.8 Å². The van der Waals surface area contributed by atoms with Gasteiger partial charge in [0.05, 0.1) is 11.7 Å². The Kier molecular flexibility index (Phi) is 6.59. The summed E-state index contributed by atoms with van der Waals surface area (Å²) >= 11 is 0. The van der Waals surface area contributed by atoms with Gasteiger partial charge in [-0.05, 0) is 30.5 Å². The number of hydrogen-bond donors (Lipinski definition) is 3. The third kappa shape index (κ3) is 5.36. The van der Waals surface area contributed by atoms with Gasteiger partial charge in [0, 0.05) is 12.7 Å². The van der Waals surface area contributed by atoms with E-state index in [1.165, 1.54) is 0 Å². The van der Waals surface area contributed by atoms with Crippen molar-refractivity contribution >= 4 is 17.5 Å². The zero-order valence-electron chi connectivity index (χ0n) is 13.3. The number of hydrogen-bond acceptors (Lipinski definition) is 3. The van der Waals surface area contributed by atoms with Crippen LogP contribution in [0.5, 0.6) is 0 Å². The average Bonchev–Trinajstić information content (AvgIpc) is 2.62. The largest absolute Gasteiger partial charge is 0.396 e. The van der Waals surface area contributed by atoms with Crippen LogP contribution in [0.25, 0.3) is 0 Å². The van der Waals surface area contributed by atoms with Crippen LogP contribution >= 0.6 is 0 Å². The number of aliphatic hydroxyl groups excluding tert-OH is 1. The number of benzene rings is 2. The summed E-state index contributed by atoms with van der Waals surface area (Å²) in [6.07, 6.45) is 0.855. The molecule has 0 aliphatic heterocycles. The lowest BCUT2D eigenvalue weighted by Gasteiger charge is -2.18. The van der Waals surface area contributed by atoms with E-state index >= 15 is 0 Å². The Bertz CT molecular complexity index is 738. The Balaban J connectivity index is 2.06. The van der Waals surface area contributed by atoms with Crippen LogP contribution in [0, 0.1) is 11.6 Å². The molecule has 0 radical (unpaired) electrons. The van der Waals surface area contributed by atoms with Gasteiger partial charge in [-0.1, -0.05) is 30.3 Å². The first-order chi connectivity index (χ1) is 12.0. The summed E-state index contributed by atoms with van der Waals surface area (Å²) in [5.74, 6) is -3.66. The maximum Gasteiger partial charge on any atom is 0.313 e. The summed E-state index contributed by atoms with van der Waals surface area (Å²) in [5, 5.41) is 13.6. The molecule has 0 saturated heterocycles. The van der Waals surface area contributed by atoms with E-state index in [1.54, 1.807) is 24.3 Å². The summed E-state index contributed by atoms with van der Waals surface area (Å²) < 4.78 is 26.7. The molecule has 25 heavy (non-hydrogen) atoms. The van der Waals surface area contributed by atoms with E-state index in [9.17, 15) is 18.4 Å². The van der Waals surface area contributed by atoms with E-state index in [1.807, 2.05) is 11.4 Å². The van der Waals surface area contributed by atoms with Gasteiger partial charge in [0.2, 0.25) is 0 Å². The number of anilines is 1. The zero-order valence-corrected chi connectivity index (χ0v) is 13.3. The van der Waals surface area contributed by atoms with Crippen molar-refractivity contribution < 1.29 is 23.5 Å². The third-order valence-electron chi connectivity index (χ3n) is 3.54. The second-order valence-corrected chi connectivity index (χ2v) is 5.38. The molecule has 0 aliphatic carbocycles. The minimum absolute atomic E-state index is 0.0557. The molecule has 0 fully saturated rings. The molecule has 1 unspecified atom stereocenters. The predicted octanol–water partition coefficient (Wildman–Crippen LogP) is 2.53. The van der Waals surface area contributed by atoms with Crippen molar-refractivity contribution in [3.8, 4) is 0 Å². The first kappa shape index (κ1) is 18.5. The van der Waals surface area contributed by atoms with E-state index in [2.05, 4.69) is 5.32 Å². The van der Waals surface area contributed by atoms with Crippen molar-refractivity contribution in [1.82, 2.24) is 5.32 Å². The van der Waals surface area contributed by atoms with E-state index in [-0.39, 0.29) is 6.61 Å². The molecule has 2 aromatic rings. The standard InChI is InChI=1S/C18H18F2N2O3/c19-13-8-9-14(20)16(11-13)22-18(25)17(24)21-15(7-4-10-23)12-5-2-1-3-6-12/h1-3,5-6,8-9,11,15,23H,4,7,10H2,(H,21,24)(H,22,25). The topological polar surface area (TPSA) is 78.4 Å². The lowest BCUT2D eigenvalue weighted by Crippen LogP contribution is -2.38. The van der Waals surface area contributed by atoms with Gasteiger partial charge in [0.15, 0.2) is 0 Å². The third-order valence-corrected chi connectivity index (χ3v) is 3.54. The Morgan fingerprint density at radius 2 is 1.76 bits per heavy atom. The van der Waals surface area contributed by atoms with Crippen molar-refractivity contribution in [2.24, 2.45) is 0 Å². The Labute approximate surface area is 143 Å². The van der Waals surface area contributed by atoms with Crippen LogP contribution < -0.4 is 10.6 Å². The molecule has 1 atom stereocenters. The first-order valence-corrected chi connectivity index (χ1v) is 7.74. The summed E-state index contributed by atoms with van der Waals surface area (Å²) in [6, 6.07) is 11.0. The molecule has 2 amide bonds. The Hall–Kier alpha value is -2.80. The zero-order chi connectivity index (χ0) is 18.2. The van der Waals surface area contributed by atoms with Crippen molar-refractivity contribution in [3.63, 3.8) is 0 Å². The van der Waals surface area contributed by atoms with E-state index in [0.29, 0.717) is 12.8 Å². The maximum atomic E-state index is 13.5. The molecule has 0 spiro atoms. The highest BCUT2D eigenvalue weighted by molar-refractivity contribution is 6.39. The number of nitrogens with one attached hydrogen (secondary N) is 2. The molecule has 2 rings (SSSR count). The van der Waals surface area contributed by atoms with Gasteiger partial charge in [0.1, 0.15) is 11.6 Å². The predicted molar refractivity (Wildman–Crippen MR) is 88.6 cm³/mol. The monoisotopic (exact) mass is 348 g/mol. The fourth-order valence-corrected chi connectivity index (χ4v) is 2.30. The van der Waals surface area contributed by atoms with Crippen LogP contribution in [0.2, 0.25) is 0 Å². The summed E-state index contributed by atoms with van der Waals surface area (Å²) in [5.41, 5.74) is 0.362.